The van der Waals surface area contributed by atoms with Gasteiger partial charge in [-0.15, -0.1) is 0 Å². The second-order valence-electron chi connectivity index (χ2n) is 6.62. The van der Waals surface area contributed by atoms with Gasteiger partial charge < -0.3 is 14.4 Å². The second kappa shape index (κ2) is 5.59. The van der Waals surface area contributed by atoms with Crippen LogP contribution in [0.2, 0.25) is 0 Å². The minimum Gasteiger partial charge on any atom is -0.493 e. The predicted octanol–water partition coefficient (Wildman–Crippen LogP) is 3.40. The first-order chi connectivity index (χ1) is 11.2. The third-order valence-electron chi connectivity index (χ3n) is 5.50. The summed E-state index contributed by atoms with van der Waals surface area (Å²) < 4.78 is 10.9. The number of rotatable bonds is 2. The highest BCUT2D eigenvalue weighted by Crippen LogP contribution is 2.46. The van der Waals surface area contributed by atoms with Crippen LogP contribution in [0.3, 0.4) is 0 Å². The number of ketones is 1. The van der Waals surface area contributed by atoms with E-state index in [-0.39, 0.29) is 6.04 Å². The van der Waals surface area contributed by atoms with Crippen molar-refractivity contribution in [3.63, 3.8) is 0 Å². The van der Waals surface area contributed by atoms with E-state index in [1.54, 1.807) is 14.2 Å². The van der Waals surface area contributed by atoms with Crippen molar-refractivity contribution in [3.8, 4) is 11.5 Å². The van der Waals surface area contributed by atoms with Gasteiger partial charge >= 0.3 is 0 Å². The van der Waals surface area contributed by atoms with Crippen molar-refractivity contribution >= 4 is 5.78 Å². The highest BCUT2D eigenvalue weighted by Gasteiger charge is 2.38. The fourth-order valence-corrected chi connectivity index (χ4v) is 4.38. The SMILES string of the molecule is COc1cc2c(cc1OC)[C@@H]1CC(=O)C3=C(CCCC3)N1CC2. The monoisotopic (exact) mass is 313 g/mol. The van der Waals surface area contributed by atoms with Crippen molar-refractivity contribution in [2.45, 2.75) is 44.6 Å². The van der Waals surface area contributed by atoms with E-state index in [1.165, 1.54) is 23.2 Å². The summed E-state index contributed by atoms with van der Waals surface area (Å²) in [5.74, 6) is 1.88. The van der Waals surface area contributed by atoms with Gasteiger partial charge in [0.2, 0.25) is 0 Å². The van der Waals surface area contributed by atoms with Crippen LogP contribution in [0.4, 0.5) is 0 Å². The van der Waals surface area contributed by atoms with Crippen molar-refractivity contribution in [2.75, 3.05) is 20.8 Å². The van der Waals surface area contributed by atoms with Crippen LogP contribution in [0.25, 0.3) is 0 Å². The lowest BCUT2D eigenvalue weighted by molar-refractivity contribution is -0.118. The number of nitrogens with zero attached hydrogens (tertiary/aromatic N) is 1. The zero-order valence-corrected chi connectivity index (χ0v) is 13.9. The average molecular weight is 313 g/mol. The van der Waals surface area contributed by atoms with Crippen LogP contribution in [0.5, 0.6) is 11.5 Å². The summed E-state index contributed by atoms with van der Waals surface area (Å²) in [6.45, 7) is 0.999. The molecule has 23 heavy (non-hydrogen) atoms. The molecule has 0 saturated heterocycles. The number of methoxy groups -OCH3 is 2. The van der Waals surface area contributed by atoms with Crippen LogP contribution in [-0.2, 0) is 11.2 Å². The van der Waals surface area contributed by atoms with Gasteiger partial charge in [0.25, 0.3) is 0 Å². The van der Waals surface area contributed by atoms with E-state index in [4.69, 9.17) is 9.47 Å². The Morgan fingerprint density at radius 2 is 1.78 bits per heavy atom. The van der Waals surface area contributed by atoms with Gasteiger partial charge in [0.05, 0.1) is 20.3 Å². The first kappa shape index (κ1) is 14.6. The van der Waals surface area contributed by atoms with Gasteiger partial charge in [-0.3, -0.25) is 4.79 Å². The second-order valence-corrected chi connectivity index (χ2v) is 6.62. The Morgan fingerprint density at radius 1 is 1.04 bits per heavy atom. The maximum Gasteiger partial charge on any atom is 0.162 e. The highest BCUT2D eigenvalue weighted by molar-refractivity contribution is 5.97. The fourth-order valence-electron chi connectivity index (χ4n) is 4.38. The van der Waals surface area contributed by atoms with E-state index in [1.807, 2.05) is 0 Å². The van der Waals surface area contributed by atoms with Crippen molar-refractivity contribution in [2.24, 2.45) is 0 Å². The summed E-state index contributed by atoms with van der Waals surface area (Å²) >= 11 is 0. The minimum absolute atomic E-state index is 0.169. The lowest BCUT2D eigenvalue weighted by Crippen LogP contribution is -2.41. The maximum atomic E-state index is 12.6. The Hall–Kier alpha value is -1.97. The molecule has 0 bridgehead atoms. The Bertz CT molecular complexity index is 692. The molecule has 1 aromatic rings. The third-order valence-corrected chi connectivity index (χ3v) is 5.50. The predicted molar refractivity (Wildman–Crippen MR) is 87.8 cm³/mol. The molecule has 0 fully saturated rings. The van der Waals surface area contributed by atoms with Crippen molar-refractivity contribution in [3.05, 3.63) is 34.5 Å². The van der Waals surface area contributed by atoms with E-state index in [9.17, 15) is 4.79 Å². The molecule has 0 spiro atoms. The van der Waals surface area contributed by atoms with Crippen molar-refractivity contribution in [1.29, 1.82) is 0 Å². The van der Waals surface area contributed by atoms with Crippen LogP contribution in [0.15, 0.2) is 23.4 Å². The Balaban J connectivity index is 1.79. The van der Waals surface area contributed by atoms with E-state index in [0.29, 0.717) is 12.2 Å². The van der Waals surface area contributed by atoms with E-state index in [0.717, 1.165) is 49.3 Å². The molecule has 1 aromatic carbocycles. The zero-order chi connectivity index (χ0) is 16.0. The van der Waals surface area contributed by atoms with Gasteiger partial charge in [0.1, 0.15) is 0 Å². The number of benzene rings is 1. The standard InChI is InChI=1S/C19H23NO3/c1-22-18-9-12-7-8-20-15-6-4-3-5-13(15)17(21)11-16(20)14(12)10-19(18)23-2/h9-10,16H,3-8,11H2,1-2H3/t16-/m0/s1. The van der Waals surface area contributed by atoms with Crippen LogP contribution >= 0.6 is 0 Å². The van der Waals surface area contributed by atoms with Crippen LogP contribution in [0, 0.1) is 0 Å². The first-order valence-electron chi connectivity index (χ1n) is 8.49. The molecular weight excluding hydrogens is 290 g/mol. The van der Waals surface area contributed by atoms with E-state index >= 15 is 0 Å². The number of Topliss-reactive ketones (excluding diaryl/α,β-unsaturated/α-hetero) is 1. The molecule has 1 atom stereocenters. The summed E-state index contributed by atoms with van der Waals surface area (Å²) in [6.07, 6.45) is 5.98. The van der Waals surface area contributed by atoms with Crippen molar-refractivity contribution < 1.29 is 14.3 Å². The van der Waals surface area contributed by atoms with E-state index in [2.05, 4.69) is 17.0 Å². The van der Waals surface area contributed by atoms with Crippen LogP contribution in [0.1, 0.15) is 49.3 Å². The normalized spacial score (nSPS) is 23.1. The van der Waals surface area contributed by atoms with Gasteiger partial charge in [-0.1, -0.05) is 0 Å². The summed E-state index contributed by atoms with van der Waals surface area (Å²) in [6, 6.07) is 4.33. The molecule has 0 radical (unpaired) electrons. The molecule has 2 aliphatic heterocycles. The molecule has 0 amide bonds. The molecule has 0 N–H and O–H groups in total. The van der Waals surface area contributed by atoms with Gasteiger partial charge in [-0.2, -0.15) is 0 Å². The molecule has 0 saturated carbocycles. The number of hydrogen-bond donors (Lipinski definition) is 0. The number of fused-ring (bicyclic) bond motifs is 4. The molecular formula is C19H23NO3. The average Bonchev–Trinajstić information content (AvgIpc) is 2.60. The summed E-state index contributed by atoms with van der Waals surface area (Å²) in [7, 11) is 3.33. The maximum absolute atomic E-state index is 12.6. The van der Waals surface area contributed by atoms with Crippen LogP contribution < -0.4 is 9.47 Å². The number of carbonyl (C=O) groups is 1. The Morgan fingerprint density at radius 3 is 2.57 bits per heavy atom. The molecule has 3 aliphatic rings. The molecule has 4 rings (SSSR count). The van der Waals surface area contributed by atoms with Gasteiger partial charge in [-0.25, -0.2) is 0 Å². The molecule has 4 nitrogen and oxygen atoms in total. The topological polar surface area (TPSA) is 38.8 Å². The third kappa shape index (κ3) is 2.23. The quantitative estimate of drug-likeness (QED) is 0.839. The molecule has 4 heteroatoms. The molecule has 0 unspecified atom stereocenters. The number of carbonyl (C=O) groups excluding carboxylic acids is 1. The van der Waals surface area contributed by atoms with Crippen molar-refractivity contribution in [1.82, 2.24) is 4.90 Å². The molecule has 122 valence electrons. The smallest absolute Gasteiger partial charge is 0.162 e. The number of allylic oxidation sites excluding steroid dienone is 2. The van der Waals surface area contributed by atoms with E-state index < -0.39 is 0 Å². The fraction of sp³-hybridized carbons (Fsp3) is 0.526. The lowest BCUT2D eigenvalue weighted by Gasteiger charge is -2.45. The number of ether oxygens (including phenoxy) is 2. The largest absolute Gasteiger partial charge is 0.493 e. The van der Waals surface area contributed by atoms with Crippen LogP contribution in [-0.4, -0.2) is 31.4 Å². The Labute approximate surface area is 137 Å². The molecule has 1 aliphatic carbocycles. The summed E-state index contributed by atoms with van der Waals surface area (Å²) in [4.78, 5) is 15.1. The lowest BCUT2D eigenvalue weighted by atomic mass is 9.80. The van der Waals surface area contributed by atoms with Gasteiger partial charge in [-0.05, 0) is 55.4 Å². The highest BCUT2D eigenvalue weighted by atomic mass is 16.5. The van der Waals surface area contributed by atoms with Gasteiger partial charge in [0.15, 0.2) is 17.3 Å². The molecule has 0 aromatic heterocycles. The number of hydrogen-bond acceptors (Lipinski definition) is 4. The van der Waals surface area contributed by atoms with Gasteiger partial charge in [0, 0.05) is 24.2 Å². The Kier molecular flexibility index (Phi) is 3.55. The minimum atomic E-state index is 0.169. The first-order valence-corrected chi connectivity index (χ1v) is 8.49. The zero-order valence-electron chi connectivity index (χ0n) is 13.9. The molecule has 2 heterocycles. The summed E-state index contributed by atoms with van der Waals surface area (Å²) in [5, 5.41) is 0. The summed E-state index contributed by atoms with van der Waals surface area (Å²) in [5.41, 5.74) is 4.95.